The number of carbonyl (C=O) groups is 1. The average molecular weight is 321 g/mol. The monoisotopic (exact) mass is 321 g/mol. The Balaban J connectivity index is 0.000000690. The number of Topliss-reactive ketones (excluding diaryl/α,β-unsaturated/α-hetero) is 1. The normalized spacial score (nSPS) is 10.2. The predicted octanol–water partition coefficient (Wildman–Crippen LogP) is 0.409. The molecule has 0 aliphatic heterocycles. The molecule has 0 unspecified atom stereocenters. The second-order valence-electron chi connectivity index (χ2n) is 3.79. The van der Waals surface area contributed by atoms with Gasteiger partial charge < -0.3 is 11.5 Å². The van der Waals surface area contributed by atoms with Crippen LogP contribution in [0.5, 0.6) is 0 Å². The largest absolute Gasteiger partial charge is 0.394 e. The van der Waals surface area contributed by atoms with Crippen LogP contribution in [-0.2, 0) is 10.4 Å². The van der Waals surface area contributed by atoms with Gasteiger partial charge in [-0.15, -0.1) is 0 Å². The molecule has 10 heteroatoms. The number of benzene rings is 1. The zero-order valence-corrected chi connectivity index (χ0v) is 11.8. The van der Waals surface area contributed by atoms with Crippen LogP contribution in [0.4, 0.5) is 4.39 Å². The van der Waals surface area contributed by atoms with E-state index in [1.54, 1.807) is 0 Å². The number of rotatable bonds is 5. The standard InChI is InChI=1S/C11H14FN3O.H2O4S/c12-9-5-3-8(4-6-9)10(16)2-1-7-15-11(13)14;1-5(2,3)4/h3-6H,1-2,7H2,(H4,13,14,15);(H2,1,2,3,4). The molecule has 1 aromatic carbocycles. The van der Waals surface area contributed by atoms with Crippen LogP contribution in [0.3, 0.4) is 0 Å². The van der Waals surface area contributed by atoms with Gasteiger partial charge in [0.05, 0.1) is 0 Å². The fraction of sp³-hybridized carbons (Fsp3) is 0.273. The first-order valence-electron chi connectivity index (χ1n) is 5.63. The summed E-state index contributed by atoms with van der Waals surface area (Å²) < 4.78 is 44.2. The minimum absolute atomic E-state index is 0.0224. The van der Waals surface area contributed by atoms with Crippen molar-refractivity contribution in [2.24, 2.45) is 16.5 Å². The maximum Gasteiger partial charge on any atom is 0.394 e. The third-order valence-corrected chi connectivity index (χ3v) is 2.02. The van der Waals surface area contributed by atoms with Gasteiger partial charge in [0, 0.05) is 18.5 Å². The van der Waals surface area contributed by atoms with Crippen LogP contribution in [0.15, 0.2) is 29.3 Å². The Kier molecular flexibility index (Phi) is 8.12. The Morgan fingerprint density at radius 1 is 1.19 bits per heavy atom. The van der Waals surface area contributed by atoms with Gasteiger partial charge in [0.25, 0.3) is 0 Å². The zero-order valence-electron chi connectivity index (χ0n) is 10.9. The number of nitrogens with two attached hydrogens (primary N) is 2. The van der Waals surface area contributed by atoms with Crippen LogP contribution in [0.25, 0.3) is 0 Å². The minimum atomic E-state index is -4.67. The molecule has 0 saturated carbocycles. The molecule has 0 radical (unpaired) electrons. The van der Waals surface area contributed by atoms with Crippen molar-refractivity contribution >= 4 is 22.1 Å². The summed E-state index contributed by atoms with van der Waals surface area (Å²) in [6.45, 7) is 0.426. The van der Waals surface area contributed by atoms with Gasteiger partial charge in [0.1, 0.15) is 5.82 Å². The van der Waals surface area contributed by atoms with Crippen molar-refractivity contribution in [3.8, 4) is 0 Å². The average Bonchev–Trinajstić information content (AvgIpc) is 2.33. The molecule has 118 valence electrons. The molecule has 21 heavy (non-hydrogen) atoms. The lowest BCUT2D eigenvalue weighted by atomic mass is 10.1. The van der Waals surface area contributed by atoms with Crippen LogP contribution in [0, 0.1) is 5.82 Å². The highest BCUT2D eigenvalue weighted by Crippen LogP contribution is 2.07. The van der Waals surface area contributed by atoms with Gasteiger partial charge in [0.15, 0.2) is 11.7 Å². The Labute approximate surface area is 121 Å². The number of aliphatic imine (C=N–C) groups is 1. The molecule has 0 bridgehead atoms. The Hall–Kier alpha value is -2.04. The SMILES string of the molecule is NC(N)=NCCCC(=O)c1ccc(F)cc1.O=S(=O)(O)O. The summed E-state index contributed by atoms with van der Waals surface area (Å²) in [5.74, 6) is -0.364. The molecule has 0 atom stereocenters. The van der Waals surface area contributed by atoms with Crippen molar-refractivity contribution in [3.63, 3.8) is 0 Å². The highest BCUT2D eigenvalue weighted by atomic mass is 32.3. The summed E-state index contributed by atoms with van der Waals surface area (Å²) in [6, 6.07) is 5.48. The third-order valence-electron chi connectivity index (χ3n) is 2.02. The Morgan fingerprint density at radius 2 is 1.67 bits per heavy atom. The number of guanidine groups is 1. The van der Waals surface area contributed by atoms with Crippen molar-refractivity contribution in [2.45, 2.75) is 12.8 Å². The van der Waals surface area contributed by atoms with Crippen molar-refractivity contribution in [1.29, 1.82) is 0 Å². The maximum atomic E-state index is 12.6. The van der Waals surface area contributed by atoms with E-state index in [1.165, 1.54) is 24.3 Å². The molecule has 0 saturated heterocycles. The number of halogens is 1. The van der Waals surface area contributed by atoms with Crippen LogP contribution in [-0.4, -0.2) is 35.8 Å². The quantitative estimate of drug-likeness (QED) is 0.201. The third kappa shape index (κ3) is 12.7. The van der Waals surface area contributed by atoms with E-state index in [-0.39, 0.29) is 17.6 Å². The van der Waals surface area contributed by atoms with Crippen LogP contribution < -0.4 is 11.5 Å². The van der Waals surface area contributed by atoms with E-state index in [0.29, 0.717) is 24.9 Å². The summed E-state index contributed by atoms with van der Waals surface area (Å²) in [7, 11) is -4.67. The Morgan fingerprint density at radius 3 is 2.10 bits per heavy atom. The summed E-state index contributed by atoms with van der Waals surface area (Å²) in [5, 5.41) is 0. The zero-order chi connectivity index (χ0) is 16.5. The van der Waals surface area contributed by atoms with E-state index in [0.717, 1.165) is 0 Å². The number of nitrogens with zero attached hydrogens (tertiary/aromatic N) is 1. The lowest BCUT2D eigenvalue weighted by Gasteiger charge is -1.99. The number of carbonyl (C=O) groups excluding carboxylic acids is 1. The highest BCUT2D eigenvalue weighted by Gasteiger charge is 2.04. The van der Waals surface area contributed by atoms with Gasteiger partial charge in [-0.3, -0.25) is 18.9 Å². The van der Waals surface area contributed by atoms with Crippen molar-refractivity contribution in [2.75, 3.05) is 6.54 Å². The van der Waals surface area contributed by atoms with E-state index < -0.39 is 10.4 Å². The van der Waals surface area contributed by atoms with E-state index >= 15 is 0 Å². The number of hydrogen-bond donors (Lipinski definition) is 4. The number of ketones is 1. The van der Waals surface area contributed by atoms with Gasteiger partial charge in [-0.1, -0.05) is 0 Å². The molecule has 0 heterocycles. The lowest BCUT2D eigenvalue weighted by Crippen LogP contribution is -2.23. The smallest absolute Gasteiger partial charge is 0.370 e. The van der Waals surface area contributed by atoms with Crippen LogP contribution >= 0.6 is 0 Å². The molecule has 0 aliphatic rings. The predicted molar refractivity (Wildman–Crippen MR) is 74.8 cm³/mol. The Bertz CT molecular complexity index is 574. The highest BCUT2D eigenvalue weighted by molar-refractivity contribution is 7.79. The molecular weight excluding hydrogens is 305 g/mol. The summed E-state index contributed by atoms with van der Waals surface area (Å²) >= 11 is 0. The van der Waals surface area contributed by atoms with Crippen molar-refractivity contribution in [1.82, 2.24) is 0 Å². The fourth-order valence-electron chi connectivity index (χ4n) is 1.23. The van der Waals surface area contributed by atoms with Gasteiger partial charge in [-0.25, -0.2) is 4.39 Å². The summed E-state index contributed by atoms with van der Waals surface area (Å²) in [5.41, 5.74) is 10.8. The van der Waals surface area contributed by atoms with Crippen molar-refractivity contribution < 1.29 is 26.7 Å². The number of hydrogen-bond acceptors (Lipinski definition) is 4. The summed E-state index contributed by atoms with van der Waals surface area (Å²) in [4.78, 5) is 15.3. The second kappa shape index (κ2) is 9.00. The van der Waals surface area contributed by atoms with Crippen LogP contribution in [0.1, 0.15) is 23.2 Å². The van der Waals surface area contributed by atoms with Gasteiger partial charge in [-0.2, -0.15) is 8.42 Å². The molecule has 0 spiro atoms. The fourth-order valence-corrected chi connectivity index (χ4v) is 1.23. The molecule has 6 N–H and O–H groups in total. The minimum Gasteiger partial charge on any atom is -0.370 e. The molecular formula is C11H16FN3O5S. The molecule has 8 nitrogen and oxygen atoms in total. The lowest BCUT2D eigenvalue weighted by molar-refractivity contribution is 0.0980. The van der Waals surface area contributed by atoms with Crippen LogP contribution in [0.2, 0.25) is 0 Å². The van der Waals surface area contributed by atoms with E-state index in [9.17, 15) is 9.18 Å². The van der Waals surface area contributed by atoms with E-state index in [1.807, 2.05) is 0 Å². The van der Waals surface area contributed by atoms with Crippen molar-refractivity contribution in [3.05, 3.63) is 35.6 Å². The first-order chi connectivity index (χ1) is 9.59. The topological polar surface area (TPSA) is 156 Å². The molecule has 1 aromatic rings. The summed E-state index contributed by atoms with van der Waals surface area (Å²) in [6.07, 6.45) is 0.927. The molecule has 1 rings (SSSR count). The molecule has 0 fully saturated rings. The van der Waals surface area contributed by atoms with Gasteiger partial charge in [-0.05, 0) is 30.7 Å². The maximum absolute atomic E-state index is 12.6. The molecule has 0 aromatic heterocycles. The first-order valence-corrected chi connectivity index (χ1v) is 7.03. The first kappa shape index (κ1) is 19.0. The van der Waals surface area contributed by atoms with E-state index in [4.69, 9.17) is 29.0 Å². The molecule has 0 amide bonds. The second-order valence-corrected chi connectivity index (χ2v) is 4.68. The van der Waals surface area contributed by atoms with Gasteiger partial charge >= 0.3 is 10.4 Å². The van der Waals surface area contributed by atoms with E-state index in [2.05, 4.69) is 4.99 Å². The van der Waals surface area contributed by atoms with Gasteiger partial charge in [0.2, 0.25) is 0 Å². The molecule has 0 aliphatic carbocycles.